The van der Waals surface area contributed by atoms with E-state index < -0.39 is 0 Å². The van der Waals surface area contributed by atoms with Crippen LogP contribution in [0.2, 0.25) is 0 Å². The van der Waals surface area contributed by atoms with Crippen LogP contribution in [0.4, 0.5) is 0 Å². The molecule has 0 saturated carbocycles. The zero-order valence-corrected chi connectivity index (χ0v) is 16.7. The Hall–Kier alpha value is -2.74. The number of hydrogen-bond donors (Lipinski definition) is 0. The number of hydrogen-bond acceptors (Lipinski definition) is 5. The summed E-state index contributed by atoms with van der Waals surface area (Å²) < 4.78 is 1.78. The molecule has 0 aromatic carbocycles. The molecule has 8 heteroatoms. The van der Waals surface area contributed by atoms with E-state index in [1.54, 1.807) is 41.6 Å². The van der Waals surface area contributed by atoms with Gasteiger partial charge in [0.2, 0.25) is 5.91 Å². The van der Waals surface area contributed by atoms with Gasteiger partial charge in [-0.25, -0.2) is 9.97 Å². The number of carbonyl (C=O) groups is 2. The molecule has 0 unspecified atom stereocenters. The predicted octanol–water partition coefficient (Wildman–Crippen LogP) is 1.43. The second-order valence-corrected chi connectivity index (χ2v) is 7.74. The number of nitrogens with zero attached hydrogens (tertiary/aromatic N) is 6. The summed E-state index contributed by atoms with van der Waals surface area (Å²) in [4.78, 5) is 39.9. The number of piperazine rings is 1. The molecule has 0 atom stereocenters. The molecule has 2 saturated heterocycles. The quantitative estimate of drug-likeness (QED) is 0.782. The number of pyridine rings is 1. The van der Waals surface area contributed by atoms with Crippen LogP contribution in [0.1, 0.15) is 36.0 Å². The number of imidazole rings is 1. The highest BCUT2D eigenvalue weighted by atomic mass is 16.2. The average molecular weight is 396 g/mol. The molecular formula is C21H28N6O2. The number of amides is 2. The molecule has 0 aliphatic carbocycles. The summed E-state index contributed by atoms with van der Waals surface area (Å²) in [7, 11) is 0. The summed E-state index contributed by atoms with van der Waals surface area (Å²) in [5.74, 6) is 0.910. The molecule has 2 aromatic rings. The molecule has 2 aromatic heterocycles. The summed E-state index contributed by atoms with van der Waals surface area (Å²) in [5, 5.41) is 0. The lowest BCUT2D eigenvalue weighted by atomic mass is 10.2. The number of rotatable bonds is 4. The molecule has 0 radical (unpaired) electrons. The smallest absolute Gasteiger partial charge is 0.254 e. The first-order valence-corrected chi connectivity index (χ1v) is 10.4. The van der Waals surface area contributed by atoms with Gasteiger partial charge in [0.05, 0.1) is 6.54 Å². The molecule has 2 amide bonds. The first kappa shape index (κ1) is 19.6. The summed E-state index contributed by atoms with van der Waals surface area (Å²) in [5.41, 5.74) is 0.623. The first-order valence-electron chi connectivity index (χ1n) is 10.4. The SMILES string of the molecule is O=C(CN1CCN(C(=O)c2ccnc(-n3ccnc3)c2)CC1)N1CCCCCC1. The van der Waals surface area contributed by atoms with Crippen molar-refractivity contribution < 1.29 is 9.59 Å². The maximum absolute atomic E-state index is 12.9. The van der Waals surface area contributed by atoms with E-state index in [1.807, 2.05) is 9.80 Å². The second-order valence-electron chi connectivity index (χ2n) is 7.74. The maximum Gasteiger partial charge on any atom is 0.254 e. The van der Waals surface area contributed by atoms with Crippen molar-refractivity contribution in [2.75, 3.05) is 45.8 Å². The van der Waals surface area contributed by atoms with Crippen LogP contribution in [0.25, 0.3) is 5.82 Å². The van der Waals surface area contributed by atoms with E-state index in [2.05, 4.69) is 14.9 Å². The Bertz CT molecular complexity index is 821. The molecule has 8 nitrogen and oxygen atoms in total. The highest BCUT2D eigenvalue weighted by Crippen LogP contribution is 2.13. The van der Waals surface area contributed by atoms with E-state index in [0.29, 0.717) is 31.0 Å². The number of carbonyl (C=O) groups excluding carboxylic acids is 2. The third-order valence-electron chi connectivity index (χ3n) is 5.74. The zero-order chi connectivity index (χ0) is 20.1. The average Bonchev–Trinajstić information content (AvgIpc) is 3.16. The Morgan fingerprint density at radius 3 is 2.34 bits per heavy atom. The molecular weight excluding hydrogens is 368 g/mol. The van der Waals surface area contributed by atoms with Crippen molar-refractivity contribution in [1.29, 1.82) is 0 Å². The maximum atomic E-state index is 12.9. The minimum Gasteiger partial charge on any atom is -0.342 e. The van der Waals surface area contributed by atoms with Crippen LogP contribution >= 0.6 is 0 Å². The fourth-order valence-corrected chi connectivity index (χ4v) is 3.99. The van der Waals surface area contributed by atoms with Gasteiger partial charge < -0.3 is 9.80 Å². The van der Waals surface area contributed by atoms with Gasteiger partial charge in [-0.15, -0.1) is 0 Å². The van der Waals surface area contributed by atoms with Crippen molar-refractivity contribution in [1.82, 2.24) is 29.2 Å². The van der Waals surface area contributed by atoms with Crippen molar-refractivity contribution in [2.24, 2.45) is 0 Å². The van der Waals surface area contributed by atoms with Gasteiger partial charge in [0, 0.05) is 63.4 Å². The Morgan fingerprint density at radius 1 is 0.897 bits per heavy atom. The molecule has 2 fully saturated rings. The summed E-state index contributed by atoms with van der Waals surface area (Å²) in [6.07, 6.45) is 11.5. The molecule has 2 aliphatic rings. The molecule has 4 heterocycles. The Morgan fingerprint density at radius 2 is 1.66 bits per heavy atom. The van der Waals surface area contributed by atoms with E-state index in [0.717, 1.165) is 39.0 Å². The van der Waals surface area contributed by atoms with Crippen LogP contribution < -0.4 is 0 Å². The lowest BCUT2D eigenvalue weighted by molar-refractivity contribution is -0.132. The molecule has 29 heavy (non-hydrogen) atoms. The van der Waals surface area contributed by atoms with E-state index in [4.69, 9.17) is 0 Å². The molecule has 2 aliphatic heterocycles. The number of aromatic nitrogens is 3. The second kappa shape index (κ2) is 9.17. The van der Waals surface area contributed by atoms with Gasteiger partial charge in [-0.3, -0.25) is 19.1 Å². The van der Waals surface area contributed by atoms with Gasteiger partial charge in [0.1, 0.15) is 12.1 Å². The van der Waals surface area contributed by atoms with Gasteiger partial charge >= 0.3 is 0 Å². The number of likely N-dealkylation sites (tertiary alicyclic amines) is 1. The van der Waals surface area contributed by atoms with E-state index >= 15 is 0 Å². The van der Waals surface area contributed by atoms with Crippen molar-refractivity contribution in [3.63, 3.8) is 0 Å². The summed E-state index contributed by atoms with van der Waals surface area (Å²) in [6, 6.07) is 3.54. The minimum absolute atomic E-state index is 0.00672. The van der Waals surface area contributed by atoms with Gasteiger partial charge in [-0.2, -0.15) is 0 Å². The van der Waals surface area contributed by atoms with Gasteiger partial charge in [-0.1, -0.05) is 12.8 Å². The monoisotopic (exact) mass is 396 g/mol. The van der Waals surface area contributed by atoms with Crippen molar-refractivity contribution in [3.8, 4) is 5.82 Å². The third kappa shape index (κ3) is 4.82. The summed E-state index contributed by atoms with van der Waals surface area (Å²) >= 11 is 0. The molecule has 4 rings (SSSR count). The largest absolute Gasteiger partial charge is 0.342 e. The van der Waals surface area contributed by atoms with Crippen molar-refractivity contribution in [2.45, 2.75) is 25.7 Å². The normalized spacial score (nSPS) is 18.5. The van der Waals surface area contributed by atoms with Gasteiger partial charge in [0.15, 0.2) is 0 Å². The first-order chi connectivity index (χ1) is 14.2. The summed E-state index contributed by atoms with van der Waals surface area (Å²) in [6.45, 7) is 4.96. The van der Waals surface area contributed by atoms with Gasteiger partial charge in [0.25, 0.3) is 5.91 Å². The van der Waals surface area contributed by atoms with Crippen LogP contribution in [0.15, 0.2) is 37.1 Å². The van der Waals surface area contributed by atoms with Crippen LogP contribution in [-0.4, -0.2) is 86.9 Å². The standard InChI is InChI=1S/C21H28N6O2/c28-20(25-8-3-1-2-4-9-25)16-24-11-13-26(14-12-24)21(29)18-5-6-23-19(15-18)27-10-7-22-17-27/h5-7,10,15,17H,1-4,8-9,11-14,16H2. The molecule has 0 N–H and O–H groups in total. The van der Waals surface area contributed by atoms with Crippen LogP contribution in [0, 0.1) is 0 Å². The Kier molecular flexibility index (Phi) is 6.19. The molecule has 154 valence electrons. The fraction of sp³-hybridized carbons (Fsp3) is 0.524. The van der Waals surface area contributed by atoms with E-state index in [9.17, 15) is 9.59 Å². The highest BCUT2D eigenvalue weighted by Gasteiger charge is 2.25. The van der Waals surface area contributed by atoms with Crippen LogP contribution in [0.3, 0.4) is 0 Å². The zero-order valence-electron chi connectivity index (χ0n) is 16.7. The molecule has 0 bridgehead atoms. The topological polar surface area (TPSA) is 74.6 Å². The Balaban J connectivity index is 1.31. The highest BCUT2D eigenvalue weighted by molar-refractivity contribution is 5.94. The predicted molar refractivity (Wildman–Crippen MR) is 109 cm³/mol. The molecule has 0 spiro atoms. The van der Waals surface area contributed by atoms with Gasteiger partial charge in [-0.05, 0) is 25.0 Å². The Labute approximate surface area is 171 Å². The van der Waals surface area contributed by atoms with E-state index in [-0.39, 0.29) is 11.8 Å². The van der Waals surface area contributed by atoms with Crippen molar-refractivity contribution >= 4 is 11.8 Å². The van der Waals surface area contributed by atoms with Crippen molar-refractivity contribution in [3.05, 3.63) is 42.6 Å². The van der Waals surface area contributed by atoms with Crippen LogP contribution in [0.5, 0.6) is 0 Å². The minimum atomic E-state index is 0.00672. The van der Waals surface area contributed by atoms with Crippen LogP contribution in [-0.2, 0) is 4.79 Å². The fourth-order valence-electron chi connectivity index (χ4n) is 3.99. The lowest BCUT2D eigenvalue weighted by Gasteiger charge is -2.35. The third-order valence-corrected chi connectivity index (χ3v) is 5.74. The van der Waals surface area contributed by atoms with E-state index in [1.165, 1.54) is 12.8 Å². The lowest BCUT2D eigenvalue weighted by Crippen LogP contribution is -2.51.